The molecular formula is C19H18ClN3O5S. The highest BCUT2D eigenvalue weighted by molar-refractivity contribution is 7.99. The number of nitrogens with zero attached hydrogens (tertiary/aromatic N) is 2. The number of aromatic amines is 1. The molecule has 3 atom stereocenters. The van der Waals surface area contributed by atoms with Gasteiger partial charge in [-0.05, 0) is 26.0 Å². The number of nitrogens with one attached hydrogen (secondary N) is 1. The Morgan fingerprint density at radius 2 is 2.10 bits per heavy atom. The maximum absolute atomic E-state index is 12.8. The number of cyclic esters (lactones) is 2. The zero-order valence-electron chi connectivity index (χ0n) is 15.7. The first-order valence-corrected chi connectivity index (χ1v) is 10.4. The summed E-state index contributed by atoms with van der Waals surface area (Å²) in [5.74, 6) is -1.14. The van der Waals surface area contributed by atoms with Crippen molar-refractivity contribution in [3.8, 4) is 11.4 Å². The van der Waals surface area contributed by atoms with Crippen molar-refractivity contribution >= 4 is 41.1 Å². The summed E-state index contributed by atoms with van der Waals surface area (Å²) >= 11 is 7.28. The van der Waals surface area contributed by atoms with Crippen LogP contribution in [0.15, 0.2) is 29.4 Å². The van der Waals surface area contributed by atoms with Gasteiger partial charge in [-0.3, -0.25) is 19.5 Å². The van der Waals surface area contributed by atoms with Gasteiger partial charge in [-0.15, -0.1) is 5.10 Å². The van der Waals surface area contributed by atoms with Gasteiger partial charge in [0.2, 0.25) is 5.16 Å². The molecule has 8 nitrogen and oxygen atoms in total. The third kappa shape index (κ3) is 3.42. The molecule has 29 heavy (non-hydrogen) atoms. The molecule has 0 unspecified atom stereocenters. The van der Waals surface area contributed by atoms with Gasteiger partial charge < -0.3 is 9.47 Å². The molecule has 2 aliphatic rings. The number of carbonyl (C=O) groups is 3. The Labute approximate surface area is 175 Å². The van der Waals surface area contributed by atoms with E-state index in [9.17, 15) is 14.4 Å². The fraction of sp³-hybridized carbons (Fsp3) is 0.421. The number of ketones is 1. The molecule has 1 N–H and O–H groups in total. The number of benzene rings is 1. The minimum Gasteiger partial charge on any atom is -0.462 e. The molecule has 2 aromatic rings. The Morgan fingerprint density at radius 1 is 1.34 bits per heavy atom. The van der Waals surface area contributed by atoms with E-state index in [1.807, 2.05) is 18.2 Å². The number of H-pyrrole nitrogens is 1. The second-order valence-corrected chi connectivity index (χ2v) is 8.81. The van der Waals surface area contributed by atoms with Crippen LogP contribution in [0.3, 0.4) is 0 Å². The molecule has 1 aromatic heterocycles. The Morgan fingerprint density at radius 3 is 2.79 bits per heavy atom. The second kappa shape index (κ2) is 7.14. The van der Waals surface area contributed by atoms with Crippen LogP contribution in [-0.2, 0) is 23.9 Å². The normalized spacial score (nSPS) is 28.6. The van der Waals surface area contributed by atoms with Gasteiger partial charge in [0.1, 0.15) is 6.10 Å². The number of aromatic nitrogens is 3. The number of rotatable bonds is 5. The average Bonchev–Trinajstić information content (AvgIpc) is 3.31. The SMILES string of the molecule is C[C@H]1C[C@]2(C[C@@](C)(C(=O)CSc3n[nH]c(-c4ccccc4Cl)n3)OC2=O)C(=O)O1. The Hall–Kier alpha value is -2.39. The monoisotopic (exact) mass is 435 g/mol. The third-order valence-corrected chi connectivity index (χ3v) is 6.38. The predicted octanol–water partition coefficient (Wildman–Crippen LogP) is 2.81. The standard InChI is InChI=1S/C19H18ClN3O5S/c1-10-7-19(15(25)27-10)9-18(2,28-16(19)26)13(24)8-29-17-21-14(22-23-17)11-5-3-4-6-12(11)20/h3-6,10H,7-9H2,1-2H3,(H,21,22,23)/t10-,18-,19-/m0/s1. The highest BCUT2D eigenvalue weighted by atomic mass is 35.5. The lowest BCUT2D eigenvalue weighted by Crippen LogP contribution is -2.38. The number of thioether (sulfide) groups is 1. The van der Waals surface area contributed by atoms with Gasteiger partial charge in [-0.25, -0.2) is 4.98 Å². The highest BCUT2D eigenvalue weighted by Crippen LogP contribution is 2.49. The van der Waals surface area contributed by atoms with Crippen LogP contribution in [0.4, 0.5) is 0 Å². The van der Waals surface area contributed by atoms with Gasteiger partial charge in [-0.2, -0.15) is 0 Å². The zero-order valence-corrected chi connectivity index (χ0v) is 17.3. The lowest BCUT2D eigenvalue weighted by molar-refractivity contribution is -0.162. The molecule has 2 aliphatic heterocycles. The quantitative estimate of drug-likeness (QED) is 0.433. The second-order valence-electron chi connectivity index (χ2n) is 7.46. The van der Waals surface area contributed by atoms with Crippen molar-refractivity contribution in [2.75, 3.05) is 5.75 Å². The molecular weight excluding hydrogens is 418 g/mol. The molecule has 0 aliphatic carbocycles. The lowest BCUT2D eigenvalue weighted by atomic mass is 9.77. The van der Waals surface area contributed by atoms with Crippen molar-refractivity contribution in [1.82, 2.24) is 15.2 Å². The molecule has 0 amide bonds. The minimum atomic E-state index is -1.38. The summed E-state index contributed by atoms with van der Waals surface area (Å²) in [5, 5.41) is 7.79. The largest absolute Gasteiger partial charge is 0.462 e. The third-order valence-electron chi connectivity index (χ3n) is 5.20. The molecule has 1 spiro atoms. The van der Waals surface area contributed by atoms with E-state index < -0.39 is 23.0 Å². The van der Waals surface area contributed by atoms with Gasteiger partial charge in [0.15, 0.2) is 22.6 Å². The highest BCUT2D eigenvalue weighted by Gasteiger charge is 2.65. The van der Waals surface area contributed by atoms with Gasteiger partial charge in [0.25, 0.3) is 0 Å². The van der Waals surface area contributed by atoms with Crippen LogP contribution in [0, 0.1) is 5.41 Å². The maximum atomic E-state index is 12.8. The Kier molecular flexibility index (Phi) is 4.90. The molecule has 0 saturated carbocycles. The molecule has 0 radical (unpaired) electrons. The van der Waals surface area contributed by atoms with E-state index in [4.69, 9.17) is 21.1 Å². The van der Waals surface area contributed by atoms with Crippen LogP contribution in [0.25, 0.3) is 11.4 Å². The summed E-state index contributed by atoms with van der Waals surface area (Å²) in [4.78, 5) is 41.8. The molecule has 2 saturated heterocycles. The van der Waals surface area contributed by atoms with Gasteiger partial charge in [0.05, 0.1) is 10.8 Å². The van der Waals surface area contributed by atoms with E-state index in [-0.39, 0.29) is 30.5 Å². The summed E-state index contributed by atoms with van der Waals surface area (Å²) in [6, 6.07) is 7.20. The van der Waals surface area contributed by atoms with Crippen LogP contribution < -0.4 is 0 Å². The average molecular weight is 436 g/mol. The van der Waals surface area contributed by atoms with Crippen LogP contribution in [-0.4, -0.2) is 50.4 Å². The number of halogens is 1. The first kappa shape index (κ1) is 19.9. The molecule has 1 aromatic carbocycles. The minimum absolute atomic E-state index is 0.00965. The maximum Gasteiger partial charge on any atom is 0.324 e. The summed E-state index contributed by atoms with van der Waals surface area (Å²) < 4.78 is 10.5. The number of hydrogen-bond donors (Lipinski definition) is 1. The molecule has 10 heteroatoms. The van der Waals surface area contributed by atoms with Gasteiger partial charge in [-0.1, -0.05) is 35.5 Å². The zero-order chi connectivity index (χ0) is 20.8. The molecule has 0 bridgehead atoms. The first-order chi connectivity index (χ1) is 13.7. The van der Waals surface area contributed by atoms with E-state index in [1.165, 1.54) is 6.92 Å². The van der Waals surface area contributed by atoms with E-state index in [0.717, 1.165) is 11.8 Å². The number of Topliss-reactive ketones (excluding diaryl/α,β-unsaturated/α-hetero) is 1. The number of ether oxygens (including phenoxy) is 2. The summed E-state index contributed by atoms with van der Waals surface area (Å²) in [7, 11) is 0. The predicted molar refractivity (Wildman–Crippen MR) is 104 cm³/mol. The lowest BCUT2D eigenvalue weighted by Gasteiger charge is -2.20. The molecule has 4 rings (SSSR count). The van der Waals surface area contributed by atoms with E-state index in [0.29, 0.717) is 21.6 Å². The summed E-state index contributed by atoms with van der Waals surface area (Å²) in [6.45, 7) is 3.25. The van der Waals surface area contributed by atoms with Crippen molar-refractivity contribution < 1.29 is 23.9 Å². The van der Waals surface area contributed by atoms with Crippen LogP contribution in [0.5, 0.6) is 0 Å². The van der Waals surface area contributed by atoms with E-state index in [2.05, 4.69) is 15.2 Å². The van der Waals surface area contributed by atoms with Crippen molar-refractivity contribution in [2.24, 2.45) is 5.41 Å². The number of esters is 2. The van der Waals surface area contributed by atoms with Crippen molar-refractivity contribution in [3.05, 3.63) is 29.3 Å². The van der Waals surface area contributed by atoms with Gasteiger partial charge in [0, 0.05) is 18.4 Å². The van der Waals surface area contributed by atoms with Crippen LogP contribution in [0.1, 0.15) is 26.7 Å². The van der Waals surface area contributed by atoms with Crippen LogP contribution >= 0.6 is 23.4 Å². The van der Waals surface area contributed by atoms with Crippen molar-refractivity contribution in [3.63, 3.8) is 0 Å². The fourth-order valence-corrected chi connectivity index (χ4v) is 4.79. The molecule has 2 fully saturated rings. The summed E-state index contributed by atoms with van der Waals surface area (Å²) in [5.41, 5.74) is -2.06. The molecule has 3 heterocycles. The van der Waals surface area contributed by atoms with Gasteiger partial charge >= 0.3 is 11.9 Å². The van der Waals surface area contributed by atoms with Crippen molar-refractivity contribution in [1.29, 1.82) is 0 Å². The Bertz CT molecular complexity index is 1010. The van der Waals surface area contributed by atoms with Crippen LogP contribution in [0.2, 0.25) is 5.02 Å². The van der Waals surface area contributed by atoms with E-state index in [1.54, 1.807) is 13.0 Å². The topological polar surface area (TPSA) is 111 Å². The fourth-order valence-electron chi connectivity index (χ4n) is 3.73. The number of hydrogen-bond acceptors (Lipinski definition) is 8. The smallest absolute Gasteiger partial charge is 0.324 e. The van der Waals surface area contributed by atoms with E-state index >= 15 is 0 Å². The number of carbonyl (C=O) groups excluding carboxylic acids is 3. The first-order valence-electron chi connectivity index (χ1n) is 9.01. The molecule has 152 valence electrons. The Balaban J connectivity index is 1.44. The summed E-state index contributed by atoms with van der Waals surface area (Å²) in [6.07, 6.45) is -0.165. The van der Waals surface area contributed by atoms with Crippen molar-refractivity contribution in [2.45, 2.75) is 43.6 Å².